The van der Waals surface area contributed by atoms with Crippen LogP contribution in [0.1, 0.15) is 50.9 Å². The largest absolute Gasteiger partial charge is 0.493 e. The van der Waals surface area contributed by atoms with Crippen molar-refractivity contribution in [2.45, 2.75) is 50.4 Å². The highest BCUT2D eigenvalue weighted by Gasteiger charge is 2.30. The molecule has 1 N–H and O–H groups in total. The predicted octanol–water partition coefficient (Wildman–Crippen LogP) is 3.02. The summed E-state index contributed by atoms with van der Waals surface area (Å²) in [6.07, 6.45) is 5.78. The monoisotopic (exact) mass is 283 g/mol. The second-order valence-electron chi connectivity index (χ2n) is 5.31. The third-order valence-corrected chi connectivity index (χ3v) is 5.16. The highest BCUT2D eigenvalue weighted by Crippen LogP contribution is 2.38. The van der Waals surface area contributed by atoms with Crippen LogP contribution in [0.5, 0.6) is 5.75 Å². The van der Waals surface area contributed by atoms with Crippen LogP contribution in [-0.2, 0) is 0 Å². The Balaban J connectivity index is 2.32. The van der Waals surface area contributed by atoms with Crippen molar-refractivity contribution >= 4 is 11.8 Å². The number of hydrogen-bond donors (Lipinski definition) is 1. The van der Waals surface area contributed by atoms with Gasteiger partial charge in [0.2, 0.25) is 0 Å². The number of methoxy groups -OCH3 is 1. The summed E-state index contributed by atoms with van der Waals surface area (Å²) in [6, 6.07) is 0.661. The number of ether oxygens (including phenoxy) is 1. The highest BCUT2D eigenvalue weighted by molar-refractivity contribution is 8.00. The Labute approximate surface area is 120 Å². The standard InChI is InChI=1S/C14H25N3OS/c1-10(2)17-14(11(18-4)9-16-17)13(15-3)12-7-5-6-8-19-12/h9-10,12-13,15H,5-8H2,1-4H3. The number of rotatable bonds is 5. The van der Waals surface area contributed by atoms with Crippen molar-refractivity contribution in [2.75, 3.05) is 19.9 Å². The molecule has 2 heterocycles. The number of nitrogens with zero attached hydrogens (tertiary/aromatic N) is 2. The van der Waals surface area contributed by atoms with Crippen LogP contribution in [0.15, 0.2) is 6.20 Å². The van der Waals surface area contributed by atoms with E-state index in [9.17, 15) is 0 Å². The van der Waals surface area contributed by atoms with Crippen molar-refractivity contribution in [3.8, 4) is 5.75 Å². The molecule has 1 saturated heterocycles. The molecule has 0 bridgehead atoms. The average molecular weight is 283 g/mol. The molecule has 0 aromatic carbocycles. The molecule has 1 aromatic heterocycles. The summed E-state index contributed by atoms with van der Waals surface area (Å²) >= 11 is 2.07. The lowest BCUT2D eigenvalue weighted by Crippen LogP contribution is -2.32. The van der Waals surface area contributed by atoms with E-state index in [1.54, 1.807) is 7.11 Å². The van der Waals surface area contributed by atoms with Crippen LogP contribution in [0.2, 0.25) is 0 Å². The van der Waals surface area contributed by atoms with E-state index in [1.165, 1.54) is 30.7 Å². The first-order valence-corrected chi connectivity index (χ1v) is 8.14. The SMILES string of the molecule is CNC(c1c(OC)cnn1C(C)C)C1CCCCS1. The van der Waals surface area contributed by atoms with Crippen molar-refractivity contribution in [1.82, 2.24) is 15.1 Å². The van der Waals surface area contributed by atoms with Gasteiger partial charge in [-0.25, -0.2) is 0 Å². The second kappa shape index (κ2) is 6.66. The Hall–Kier alpha value is -0.680. The summed E-state index contributed by atoms with van der Waals surface area (Å²) < 4.78 is 7.61. The molecule has 1 aliphatic heterocycles. The third-order valence-electron chi connectivity index (χ3n) is 3.70. The molecule has 0 radical (unpaired) electrons. The molecule has 0 amide bonds. The minimum absolute atomic E-state index is 0.310. The molecule has 0 spiro atoms. The van der Waals surface area contributed by atoms with Gasteiger partial charge in [0.1, 0.15) is 0 Å². The third kappa shape index (κ3) is 3.08. The van der Waals surface area contributed by atoms with E-state index in [-0.39, 0.29) is 0 Å². The van der Waals surface area contributed by atoms with Crippen LogP contribution in [0.4, 0.5) is 0 Å². The van der Waals surface area contributed by atoms with Crippen LogP contribution < -0.4 is 10.1 Å². The number of nitrogens with one attached hydrogen (secondary N) is 1. The zero-order valence-electron chi connectivity index (χ0n) is 12.3. The molecule has 4 nitrogen and oxygen atoms in total. The molecule has 2 rings (SSSR count). The molecule has 2 atom stereocenters. The second-order valence-corrected chi connectivity index (χ2v) is 6.65. The van der Waals surface area contributed by atoms with Crippen LogP contribution in [0, 0.1) is 0 Å². The normalized spacial score (nSPS) is 21.6. The van der Waals surface area contributed by atoms with Crippen molar-refractivity contribution < 1.29 is 4.74 Å². The molecule has 1 aromatic rings. The van der Waals surface area contributed by atoms with Crippen molar-refractivity contribution in [1.29, 1.82) is 0 Å². The van der Waals surface area contributed by atoms with Crippen LogP contribution in [0.25, 0.3) is 0 Å². The van der Waals surface area contributed by atoms with Gasteiger partial charge in [-0.2, -0.15) is 16.9 Å². The summed E-state index contributed by atoms with van der Waals surface area (Å²) in [4.78, 5) is 0. The zero-order chi connectivity index (χ0) is 13.8. The molecule has 1 fully saturated rings. The predicted molar refractivity (Wildman–Crippen MR) is 81.1 cm³/mol. The van der Waals surface area contributed by atoms with E-state index in [0.717, 1.165) is 5.75 Å². The van der Waals surface area contributed by atoms with Crippen LogP contribution in [-0.4, -0.2) is 34.9 Å². The molecule has 1 aliphatic rings. The smallest absolute Gasteiger partial charge is 0.161 e. The highest BCUT2D eigenvalue weighted by atomic mass is 32.2. The van der Waals surface area contributed by atoms with Crippen molar-refractivity contribution in [2.24, 2.45) is 0 Å². The molecular weight excluding hydrogens is 258 g/mol. The van der Waals surface area contributed by atoms with Crippen LogP contribution >= 0.6 is 11.8 Å². The van der Waals surface area contributed by atoms with E-state index in [4.69, 9.17) is 4.74 Å². The first-order valence-electron chi connectivity index (χ1n) is 7.09. The van der Waals surface area contributed by atoms with Gasteiger partial charge in [-0.15, -0.1) is 0 Å². The molecule has 19 heavy (non-hydrogen) atoms. The molecule has 5 heteroatoms. The van der Waals surface area contributed by atoms with Crippen molar-refractivity contribution in [3.63, 3.8) is 0 Å². The summed E-state index contributed by atoms with van der Waals surface area (Å²) in [5.74, 6) is 2.17. The lowest BCUT2D eigenvalue weighted by Gasteiger charge is -2.31. The Morgan fingerprint density at radius 1 is 1.47 bits per heavy atom. The van der Waals surface area contributed by atoms with E-state index in [0.29, 0.717) is 17.3 Å². The maximum Gasteiger partial charge on any atom is 0.161 e. The first-order chi connectivity index (χ1) is 9.19. The van der Waals surface area contributed by atoms with Crippen LogP contribution in [0.3, 0.4) is 0 Å². The van der Waals surface area contributed by atoms with Crippen molar-refractivity contribution in [3.05, 3.63) is 11.9 Å². The lowest BCUT2D eigenvalue weighted by atomic mass is 10.0. The van der Waals surface area contributed by atoms with Gasteiger partial charge in [-0.3, -0.25) is 4.68 Å². The van der Waals surface area contributed by atoms with E-state index >= 15 is 0 Å². The fourth-order valence-corrected chi connectivity index (χ4v) is 4.21. The Morgan fingerprint density at radius 3 is 2.79 bits per heavy atom. The first kappa shape index (κ1) is 14.7. The summed E-state index contributed by atoms with van der Waals surface area (Å²) in [5.41, 5.74) is 1.19. The lowest BCUT2D eigenvalue weighted by molar-refractivity contribution is 0.381. The zero-order valence-corrected chi connectivity index (χ0v) is 13.2. The number of hydrogen-bond acceptors (Lipinski definition) is 4. The van der Waals surface area contributed by atoms with Gasteiger partial charge >= 0.3 is 0 Å². The number of thioether (sulfide) groups is 1. The maximum absolute atomic E-state index is 5.52. The Kier molecular flexibility index (Phi) is 5.16. The molecule has 2 unspecified atom stereocenters. The number of aromatic nitrogens is 2. The fourth-order valence-electron chi connectivity index (χ4n) is 2.75. The molecule has 0 aliphatic carbocycles. The maximum atomic E-state index is 5.52. The quantitative estimate of drug-likeness (QED) is 0.901. The summed E-state index contributed by atoms with van der Waals surface area (Å²) in [6.45, 7) is 4.33. The molecular formula is C14H25N3OS. The van der Waals surface area contributed by atoms with Gasteiger partial charge in [-0.05, 0) is 39.5 Å². The Morgan fingerprint density at radius 2 is 2.26 bits per heavy atom. The van der Waals surface area contributed by atoms with Gasteiger partial charge < -0.3 is 10.1 Å². The van der Waals surface area contributed by atoms with Gasteiger partial charge in [0.25, 0.3) is 0 Å². The average Bonchev–Trinajstić information content (AvgIpc) is 2.85. The van der Waals surface area contributed by atoms with Gasteiger partial charge in [0.15, 0.2) is 5.75 Å². The topological polar surface area (TPSA) is 39.1 Å². The van der Waals surface area contributed by atoms with Gasteiger partial charge in [0, 0.05) is 11.3 Å². The van der Waals surface area contributed by atoms with Gasteiger partial charge in [-0.1, -0.05) is 6.42 Å². The minimum Gasteiger partial charge on any atom is -0.493 e. The van der Waals surface area contributed by atoms with E-state index in [2.05, 4.69) is 40.7 Å². The Bertz CT molecular complexity index is 399. The fraction of sp³-hybridized carbons (Fsp3) is 0.786. The van der Waals surface area contributed by atoms with E-state index < -0.39 is 0 Å². The minimum atomic E-state index is 0.310. The summed E-state index contributed by atoms with van der Waals surface area (Å²) in [7, 11) is 3.77. The molecule has 108 valence electrons. The molecule has 0 saturated carbocycles. The van der Waals surface area contributed by atoms with Gasteiger partial charge in [0.05, 0.1) is 25.0 Å². The summed E-state index contributed by atoms with van der Waals surface area (Å²) in [5, 5.41) is 8.59. The van der Waals surface area contributed by atoms with E-state index in [1.807, 2.05) is 13.2 Å².